The van der Waals surface area contributed by atoms with Crippen LogP contribution in [0.4, 0.5) is 16.0 Å². The van der Waals surface area contributed by atoms with Crippen molar-refractivity contribution < 1.29 is 18.7 Å². The standard InChI is InChI=1S/C31H36FN7O5/c1-3-12-38-28-23(30(42)39(31(38)43)16-6-17-44-2)18-24(35-28)21-9-11-26(34-19-21)37(15-5-14-36-13-4-7-27(36)40)29(41)22-8-10-25(32)33-20-22/h8-11,19-20H,3-7,12-18H2,1-2H3. The van der Waals surface area contributed by atoms with Gasteiger partial charge in [-0.3, -0.25) is 28.4 Å². The largest absolute Gasteiger partial charge is 0.385 e. The summed E-state index contributed by atoms with van der Waals surface area (Å²) in [6.07, 6.45) is 6.15. The van der Waals surface area contributed by atoms with E-state index in [-0.39, 0.29) is 42.2 Å². The summed E-state index contributed by atoms with van der Waals surface area (Å²) in [6.45, 7) is 4.58. The molecule has 0 bridgehead atoms. The lowest BCUT2D eigenvalue weighted by Crippen LogP contribution is -2.41. The summed E-state index contributed by atoms with van der Waals surface area (Å²) in [5.74, 6) is -0.227. The van der Waals surface area contributed by atoms with E-state index in [1.54, 1.807) is 34.9 Å². The van der Waals surface area contributed by atoms with Crippen LogP contribution in [0.3, 0.4) is 0 Å². The predicted octanol–water partition coefficient (Wildman–Crippen LogP) is 2.72. The third-order valence-electron chi connectivity index (χ3n) is 7.81. The van der Waals surface area contributed by atoms with Crippen LogP contribution in [-0.2, 0) is 29.0 Å². The number of hydrogen-bond donors (Lipinski definition) is 0. The van der Waals surface area contributed by atoms with Gasteiger partial charge in [0.1, 0.15) is 11.6 Å². The number of anilines is 1. The van der Waals surface area contributed by atoms with Crippen LogP contribution >= 0.6 is 0 Å². The fourth-order valence-electron chi connectivity index (χ4n) is 5.57. The maximum atomic E-state index is 13.5. The summed E-state index contributed by atoms with van der Waals surface area (Å²) >= 11 is 0. The number of pyridine rings is 2. The highest BCUT2D eigenvalue weighted by Gasteiger charge is 2.27. The van der Waals surface area contributed by atoms with Gasteiger partial charge in [-0.1, -0.05) is 6.92 Å². The van der Waals surface area contributed by atoms with Crippen LogP contribution in [0.15, 0.2) is 51.2 Å². The number of halogens is 1. The summed E-state index contributed by atoms with van der Waals surface area (Å²) in [6, 6.07) is 5.97. The molecule has 1 saturated heterocycles. The Morgan fingerprint density at radius 2 is 1.86 bits per heavy atom. The number of likely N-dealkylation sites (tertiary alicyclic amines) is 1. The first-order valence-electron chi connectivity index (χ1n) is 14.9. The minimum absolute atomic E-state index is 0.109. The molecule has 0 unspecified atom stereocenters. The molecular formula is C31H36FN7O5. The van der Waals surface area contributed by atoms with Crippen molar-refractivity contribution in [2.75, 3.05) is 38.3 Å². The molecule has 5 heterocycles. The molecule has 2 aliphatic rings. The molecule has 2 amide bonds. The molecule has 0 spiro atoms. The van der Waals surface area contributed by atoms with Crippen molar-refractivity contribution in [3.05, 3.63) is 80.1 Å². The second kappa shape index (κ2) is 13.8. The minimum Gasteiger partial charge on any atom is -0.385 e. The van der Waals surface area contributed by atoms with E-state index in [1.165, 1.54) is 21.7 Å². The number of nitrogens with zero attached hydrogens (tertiary/aromatic N) is 7. The lowest BCUT2D eigenvalue weighted by Gasteiger charge is -2.23. The molecule has 44 heavy (non-hydrogen) atoms. The second-order valence-electron chi connectivity index (χ2n) is 10.8. The molecule has 2 aliphatic heterocycles. The average Bonchev–Trinajstić information content (AvgIpc) is 3.66. The summed E-state index contributed by atoms with van der Waals surface area (Å²) < 4.78 is 21.4. The van der Waals surface area contributed by atoms with Crippen molar-refractivity contribution in [1.29, 1.82) is 0 Å². The Balaban J connectivity index is 1.40. The van der Waals surface area contributed by atoms with E-state index in [4.69, 9.17) is 9.73 Å². The molecule has 13 heteroatoms. The van der Waals surface area contributed by atoms with Crippen LogP contribution in [0, 0.1) is 5.95 Å². The fourth-order valence-corrected chi connectivity index (χ4v) is 5.57. The van der Waals surface area contributed by atoms with Crippen molar-refractivity contribution in [1.82, 2.24) is 24.0 Å². The normalized spacial score (nSPS) is 14.2. The lowest BCUT2D eigenvalue weighted by molar-refractivity contribution is -0.127. The van der Waals surface area contributed by atoms with Gasteiger partial charge in [-0.15, -0.1) is 0 Å². The molecule has 5 rings (SSSR count). The zero-order chi connectivity index (χ0) is 31.2. The second-order valence-corrected chi connectivity index (χ2v) is 10.8. The van der Waals surface area contributed by atoms with Gasteiger partial charge in [-0.2, -0.15) is 4.39 Å². The van der Waals surface area contributed by atoms with Crippen LogP contribution in [0.1, 0.15) is 60.5 Å². The molecule has 3 aromatic heterocycles. The minimum atomic E-state index is -0.687. The van der Waals surface area contributed by atoms with E-state index in [1.807, 2.05) is 6.92 Å². The van der Waals surface area contributed by atoms with Gasteiger partial charge in [0.15, 0.2) is 0 Å². The van der Waals surface area contributed by atoms with Crippen molar-refractivity contribution in [2.45, 2.75) is 58.5 Å². The average molecular weight is 606 g/mol. The molecule has 0 radical (unpaired) electrons. The van der Waals surface area contributed by atoms with Crippen LogP contribution in [0.2, 0.25) is 0 Å². The van der Waals surface area contributed by atoms with Gasteiger partial charge in [0.25, 0.3) is 11.5 Å². The number of fused-ring (bicyclic) bond motifs is 1. The first kappa shape index (κ1) is 30.9. The summed E-state index contributed by atoms with van der Waals surface area (Å²) in [5, 5.41) is 0. The summed E-state index contributed by atoms with van der Waals surface area (Å²) in [4.78, 5) is 68.2. The monoisotopic (exact) mass is 605 g/mol. The molecule has 0 N–H and O–H groups in total. The van der Waals surface area contributed by atoms with Gasteiger partial charge in [0.2, 0.25) is 11.9 Å². The van der Waals surface area contributed by atoms with Gasteiger partial charge < -0.3 is 9.64 Å². The number of amides is 2. The van der Waals surface area contributed by atoms with E-state index in [9.17, 15) is 23.6 Å². The maximum absolute atomic E-state index is 13.5. The highest BCUT2D eigenvalue weighted by atomic mass is 19.1. The Morgan fingerprint density at radius 1 is 1.02 bits per heavy atom. The zero-order valence-corrected chi connectivity index (χ0v) is 25.0. The smallest absolute Gasteiger partial charge is 0.332 e. The first-order chi connectivity index (χ1) is 21.3. The van der Waals surface area contributed by atoms with Gasteiger partial charge in [0.05, 0.1) is 16.8 Å². The van der Waals surface area contributed by atoms with E-state index in [2.05, 4.69) is 9.97 Å². The molecule has 1 fully saturated rings. The third-order valence-corrected chi connectivity index (χ3v) is 7.81. The Morgan fingerprint density at radius 3 is 2.52 bits per heavy atom. The van der Waals surface area contributed by atoms with Crippen LogP contribution in [0.25, 0.3) is 0 Å². The van der Waals surface area contributed by atoms with Crippen LogP contribution in [0.5, 0.6) is 0 Å². The highest BCUT2D eigenvalue weighted by molar-refractivity contribution is 6.07. The molecule has 0 aromatic carbocycles. The van der Waals surface area contributed by atoms with Crippen molar-refractivity contribution in [2.24, 2.45) is 4.99 Å². The Hall–Kier alpha value is -4.52. The Bertz CT molecular complexity index is 1660. The molecule has 232 valence electrons. The van der Waals surface area contributed by atoms with Crippen molar-refractivity contribution in [3.63, 3.8) is 0 Å². The summed E-state index contributed by atoms with van der Waals surface area (Å²) in [5.41, 5.74) is 1.20. The van der Waals surface area contributed by atoms with E-state index in [0.717, 1.165) is 12.5 Å². The molecule has 3 aromatic rings. The number of ether oxygens (including phenoxy) is 1. The number of aliphatic imine (C=N–C) groups is 1. The first-order valence-corrected chi connectivity index (χ1v) is 14.9. The fraction of sp³-hybridized carbons (Fsp3) is 0.452. The van der Waals surface area contributed by atoms with Crippen molar-refractivity contribution in [3.8, 4) is 0 Å². The number of carbonyl (C=O) groups excluding carboxylic acids is 2. The molecule has 0 aliphatic carbocycles. The Kier molecular flexibility index (Phi) is 9.73. The van der Waals surface area contributed by atoms with Crippen LogP contribution < -0.4 is 16.1 Å². The Labute approximate surface area is 253 Å². The maximum Gasteiger partial charge on any atom is 0.332 e. The quantitative estimate of drug-likeness (QED) is 0.216. The number of aromatic nitrogens is 4. The number of hydrogen-bond acceptors (Lipinski definition) is 8. The SMILES string of the molecule is CCCn1c2c(c(=O)n(CCCOC)c1=O)CC(c1ccc(N(CCCN3CCCC3=O)C(=O)c3ccc(F)nc3)nc1)=N2. The molecule has 0 atom stereocenters. The molecule has 0 saturated carbocycles. The zero-order valence-electron chi connectivity index (χ0n) is 25.0. The molecule has 12 nitrogen and oxygen atoms in total. The number of carbonyl (C=O) groups is 2. The topological polar surface area (TPSA) is 132 Å². The van der Waals surface area contributed by atoms with Gasteiger partial charge in [-0.05, 0) is 49.9 Å². The lowest BCUT2D eigenvalue weighted by atomic mass is 10.1. The third kappa shape index (κ3) is 6.52. The van der Waals surface area contributed by atoms with E-state index in [0.29, 0.717) is 80.4 Å². The van der Waals surface area contributed by atoms with E-state index >= 15 is 0 Å². The highest BCUT2D eigenvalue weighted by Crippen LogP contribution is 2.26. The number of methoxy groups -OCH3 is 1. The summed E-state index contributed by atoms with van der Waals surface area (Å²) in [7, 11) is 1.58. The molecular weight excluding hydrogens is 569 g/mol. The van der Waals surface area contributed by atoms with Crippen LogP contribution in [-0.4, -0.2) is 74.9 Å². The van der Waals surface area contributed by atoms with Gasteiger partial charge in [0, 0.05) is 77.2 Å². The predicted molar refractivity (Wildman–Crippen MR) is 162 cm³/mol. The van der Waals surface area contributed by atoms with E-state index < -0.39 is 11.9 Å². The number of rotatable bonds is 13. The van der Waals surface area contributed by atoms with Gasteiger partial charge >= 0.3 is 5.69 Å². The van der Waals surface area contributed by atoms with Crippen molar-refractivity contribution >= 4 is 29.2 Å². The van der Waals surface area contributed by atoms with Gasteiger partial charge in [-0.25, -0.2) is 19.8 Å².